The molecule has 1 aromatic heterocycles. The third-order valence-electron chi connectivity index (χ3n) is 2.88. The smallest absolute Gasteiger partial charge is 0.290 e. The summed E-state index contributed by atoms with van der Waals surface area (Å²) in [5, 5.41) is 1.85. The van der Waals surface area contributed by atoms with Crippen LogP contribution in [0.3, 0.4) is 0 Å². The van der Waals surface area contributed by atoms with E-state index in [1.54, 1.807) is 18.3 Å². The number of hydrogen-bond acceptors (Lipinski definition) is 7. The molecule has 0 radical (unpaired) electrons. The molecule has 0 aliphatic carbocycles. The molecule has 3 rings (SSSR count). The van der Waals surface area contributed by atoms with E-state index in [0.29, 0.717) is 29.8 Å². The topological polar surface area (TPSA) is 84.4 Å². The molecule has 0 atom stereocenters. The number of rotatable bonds is 2. The van der Waals surface area contributed by atoms with Gasteiger partial charge in [0.25, 0.3) is 11.1 Å². The first kappa shape index (κ1) is 13.1. The molecule has 20 heavy (non-hydrogen) atoms. The highest BCUT2D eigenvalue weighted by Gasteiger charge is 2.25. The number of nitrogens with one attached hydrogen (secondary N) is 1. The van der Waals surface area contributed by atoms with E-state index in [4.69, 9.17) is 4.74 Å². The number of imide groups is 1. The Labute approximate surface area is 119 Å². The summed E-state index contributed by atoms with van der Waals surface area (Å²) in [7, 11) is 0. The van der Waals surface area contributed by atoms with Gasteiger partial charge in [0.05, 0.1) is 23.8 Å². The summed E-state index contributed by atoms with van der Waals surface area (Å²) in [6.07, 6.45) is 3.24. The third kappa shape index (κ3) is 2.81. The van der Waals surface area contributed by atoms with Crippen molar-refractivity contribution in [3.05, 3.63) is 22.9 Å². The summed E-state index contributed by atoms with van der Waals surface area (Å²) >= 11 is 0.877. The molecular weight excluding hydrogens is 280 g/mol. The van der Waals surface area contributed by atoms with Crippen LogP contribution in [0.5, 0.6) is 0 Å². The van der Waals surface area contributed by atoms with E-state index in [1.165, 1.54) is 0 Å². The van der Waals surface area contributed by atoms with Gasteiger partial charge in [0.15, 0.2) is 0 Å². The lowest BCUT2D eigenvalue weighted by atomic mass is 10.3. The lowest BCUT2D eigenvalue weighted by Gasteiger charge is -2.26. The SMILES string of the molecule is O=C1NC(=O)/C(=C\c2ccnc(N3CCOCC3)n2)S1. The maximum absolute atomic E-state index is 11.5. The number of carbonyl (C=O) groups is 2. The van der Waals surface area contributed by atoms with Gasteiger partial charge in [-0.15, -0.1) is 0 Å². The van der Waals surface area contributed by atoms with Gasteiger partial charge in [0, 0.05) is 19.3 Å². The monoisotopic (exact) mass is 292 g/mol. The van der Waals surface area contributed by atoms with Crippen LogP contribution < -0.4 is 10.2 Å². The number of anilines is 1. The first-order valence-electron chi connectivity index (χ1n) is 6.13. The molecule has 2 amide bonds. The van der Waals surface area contributed by atoms with Gasteiger partial charge in [-0.05, 0) is 23.9 Å². The molecule has 0 saturated carbocycles. The van der Waals surface area contributed by atoms with Crippen molar-refractivity contribution in [2.45, 2.75) is 0 Å². The lowest BCUT2D eigenvalue weighted by molar-refractivity contribution is -0.115. The molecule has 8 heteroatoms. The van der Waals surface area contributed by atoms with Crippen molar-refractivity contribution < 1.29 is 14.3 Å². The zero-order valence-electron chi connectivity index (χ0n) is 10.5. The van der Waals surface area contributed by atoms with Crippen molar-refractivity contribution in [3.63, 3.8) is 0 Å². The van der Waals surface area contributed by atoms with Crippen molar-refractivity contribution >= 4 is 34.9 Å². The molecule has 2 saturated heterocycles. The summed E-state index contributed by atoms with van der Waals surface area (Å²) in [6, 6.07) is 1.70. The molecule has 2 aliphatic rings. The van der Waals surface area contributed by atoms with Gasteiger partial charge in [0.2, 0.25) is 5.95 Å². The Morgan fingerprint density at radius 1 is 1.35 bits per heavy atom. The number of amides is 2. The zero-order chi connectivity index (χ0) is 13.9. The maximum Gasteiger partial charge on any atom is 0.290 e. The maximum atomic E-state index is 11.5. The highest BCUT2D eigenvalue weighted by molar-refractivity contribution is 8.18. The van der Waals surface area contributed by atoms with Gasteiger partial charge in [-0.1, -0.05) is 0 Å². The lowest BCUT2D eigenvalue weighted by Crippen LogP contribution is -2.37. The summed E-state index contributed by atoms with van der Waals surface area (Å²) in [5.41, 5.74) is 0.605. The number of hydrogen-bond donors (Lipinski definition) is 1. The molecule has 0 bridgehead atoms. The van der Waals surface area contributed by atoms with E-state index >= 15 is 0 Å². The normalized spacial score (nSPS) is 21.4. The predicted octanol–water partition coefficient (Wildman–Crippen LogP) is 0.637. The molecule has 7 nitrogen and oxygen atoms in total. The van der Waals surface area contributed by atoms with Gasteiger partial charge >= 0.3 is 0 Å². The van der Waals surface area contributed by atoms with Crippen LogP contribution in [0.25, 0.3) is 6.08 Å². The number of thioether (sulfide) groups is 1. The predicted molar refractivity (Wildman–Crippen MR) is 74.2 cm³/mol. The van der Waals surface area contributed by atoms with Crippen molar-refractivity contribution in [2.75, 3.05) is 31.2 Å². The Hall–Kier alpha value is -1.93. The van der Waals surface area contributed by atoms with Crippen LogP contribution in [0.1, 0.15) is 5.69 Å². The van der Waals surface area contributed by atoms with Crippen molar-refractivity contribution in [3.8, 4) is 0 Å². The number of aromatic nitrogens is 2. The molecular formula is C12H12N4O3S. The number of carbonyl (C=O) groups excluding carboxylic acids is 2. The fraction of sp³-hybridized carbons (Fsp3) is 0.333. The van der Waals surface area contributed by atoms with E-state index in [0.717, 1.165) is 24.9 Å². The summed E-state index contributed by atoms with van der Waals surface area (Å²) in [4.78, 5) is 33.6. The average molecular weight is 292 g/mol. The third-order valence-corrected chi connectivity index (χ3v) is 3.69. The Bertz CT molecular complexity index is 584. The minimum Gasteiger partial charge on any atom is -0.378 e. The molecule has 0 unspecified atom stereocenters. The second-order valence-corrected chi connectivity index (χ2v) is 5.25. The Morgan fingerprint density at radius 3 is 2.85 bits per heavy atom. The quantitative estimate of drug-likeness (QED) is 0.800. The average Bonchev–Trinajstić information content (AvgIpc) is 2.78. The number of morpholine rings is 1. The molecule has 3 heterocycles. The van der Waals surface area contributed by atoms with Gasteiger partial charge in [-0.2, -0.15) is 0 Å². The van der Waals surface area contributed by atoms with E-state index in [2.05, 4.69) is 15.3 Å². The second kappa shape index (κ2) is 5.59. The van der Waals surface area contributed by atoms with Crippen LogP contribution in [-0.2, 0) is 9.53 Å². The van der Waals surface area contributed by atoms with E-state index in [9.17, 15) is 9.59 Å². The second-order valence-electron chi connectivity index (χ2n) is 4.23. The minimum atomic E-state index is -0.383. The van der Waals surface area contributed by atoms with Crippen molar-refractivity contribution in [2.24, 2.45) is 0 Å². The molecule has 2 fully saturated rings. The molecule has 1 N–H and O–H groups in total. The zero-order valence-corrected chi connectivity index (χ0v) is 11.4. The fourth-order valence-corrected chi connectivity index (χ4v) is 2.58. The largest absolute Gasteiger partial charge is 0.378 e. The van der Waals surface area contributed by atoms with Gasteiger partial charge in [-0.3, -0.25) is 14.9 Å². The highest BCUT2D eigenvalue weighted by Crippen LogP contribution is 2.25. The Balaban J connectivity index is 1.82. The van der Waals surface area contributed by atoms with Crippen LogP contribution in [0.2, 0.25) is 0 Å². The molecule has 104 valence electrons. The standard InChI is InChI=1S/C12H12N4O3S/c17-10-9(20-12(18)15-10)7-8-1-2-13-11(14-8)16-3-5-19-6-4-16/h1-2,7H,3-6H2,(H,15,17,18)/b9-7+. The van der Waals surface area contributed by atoms with Gasteiger partial charge in [-0.25, -0.2) is 9.97 Å². The van der Waals surface area contributed by atoms with Crippen LogP contribution in [0, 0.1) is 0 Å². The van der Waals surface area contributed by atoms with E-state index in [-0.39, 0.29) is 11.1 Å². The van der Waals surface area contributed by atoms with Gasteiger partial charge in [0.1, 0.15) is 0 Å². The Morgan fingerprint density at radius 2 is 2.15 bits per heavy atom. The van der Waals surface area contributed by atoms with Crippen LogP contribution >= 0.6 is 11.8 Å². The number of nitrogens with zero attached hydrogens (tertiary/aromatic N) is 3. The summed E-state index contributed by atoms with van der Waals surface area (Å²) in [6.45, 7) is 2.80. The number of ether oxygens (including phenoxy) is 1. The highest BCUT2D eigenvalue weighted by atomic mass is 32.2. The minimum absolute atomic E-state index is 0.349. The van der Waals surface area contributed by atoms with Crippen LogP contribution in [-0.4, -0.2) is 47.4 Å². The Kier molecular flexibility index (Phi) is 3.66. The van der Waals surface area contributed by atoms with Gasteiger partial charge < -0.3 is 9.64 Å². The van der Waals surface area contributed by atoms with Crippen LogP contribution in [0.15, 0.2) is 17.2 Å². The molecule has 1 aromatic rings. The van der Waals surface area contributed by atoms with E-state index in [1.807, 2.05) is 4.90 Å². The molecule has 0 aromatic carbocycles. The summed E-state index contributed by atoms with van der Waals surface area (Å²) in [5.74, 6) is 0.226. The van der Waals surface area contributed by atoms with Crippen LogP contribution in [0.4, 0.5) is 10.7 Å². The molecule has 0 spiro atoms. The van der Waals surface area contributed by atoms with E-state index < -0.39 is 0 Å². The first-order valence-corrected chi connectivity index (χ1v) is 6.94. The first-order chi connectivity index (χ1) is 9.72. The van der Waals surface area contributed by atoms with Crippen molar-refractivity contribution in [1.29, 1.82) is 0 Å². The van der Waals surface area contributed by atoms with Crippen molar-refractivity contribution in [1.82, 2.24) is 15.3 Å². The summed E-state index contributed by atoms with van der Waals surface area (Å²) < 4.78 is 5.28. The molecule has 2 aliphatic heterocycles. The fourth-order valence-electron chi connectivity index (χ4n) is 1.91.